The number of aromatic amines is 2. The molecule has 11 nitrogen and oxygen atoms in total. The number of fused-ring (bicyclic) bond motifs is 9. The highest BCUT2D eigenvalue weighted by Gasteiger charge is 2.41. The first kappa shape index (κ1) is 39.8. The third-order valence-corrected chi connectivity index (χ3v) is 11.8. The number of nitrogens with zero attached hydrogens (tertiary/aromatic N) is 4. The molecule has 8 bridgehead atoms. The fourth-order valence-electron chi connectivity index (χ4n) is 8.53. The minimum Gasteiger partial charge on any atom is -1.00 e. The molecule has 0 saturated heterocycles. The number of H-pyrrole nitrogens is 2. The number of carbonyl (C=O) groups excluding carboxylic acids is 3. The number of rotatable bonds is 7. The average Bonchev–Trinajstić information content (AvgIpc) is 3.87. The average molecular weight is 877 g/mol. The Kier molecular flexibility index (Phi) is 10.8. The highest BCUT2D eigenvalue weighted by atomic mass is 127. The number of pyridine rings is 1. The van der Waals surface area contributed by atoms with Crippen molar-refractivity contribution in [2.45, 2.75) is 65.7 Å². The van der Waals surface area contributed by atoms with Gasteiger partial charge in [0, 0.05) is 69.7 Å². The van der Waals surface area contributed by atoms with Crippen LogP contribution in [0.1, 0.15) is 118 Å². The van der Waals surface area contributed by atoms with Gasteiger partial charge in [-0.1, -0.05) is 26.0 Å². The van der Waals surface area contributed by atoms with Crippen LogP contribution < -0.4 is 28.5 Å². The van der Waals surface area contributed by atoms with Gasteiger partial charge in [-0.05, 0) is 92.3 Å². The molecule has 2 amide bonds. The third kappa shape index (κ3) is 6.58. The van der Waals surface area contributed by atoms with Gasteiger partial charge in [0.05, 0.1) is 47.9 Å². The van der Waals surface area contributed by atoms with Crippen molar-refractivity contribution in [3.05, 3.63) is 111 Å². The molecule has 2 atom stereocenters. The number of methoxy groups -OCH3 is 1. The molecule has 8 rings (SSSR count). The molecular formula is C45H45IN6O5. The zero-order valence-corrected chi connectivity index (χ0v) is 35.5. The normalized spacial score (nSPS) is 16.5. The summed E-state index contributed by atoms with van der Waals surface area (Å²) in [6.07, 6.45) is 5.54. The van der Waals surface area contributed by atoms with E-state index >= 15 is 0 Å². The van der Waals surface area contributed by atoms with Crippen molar-refractivity contribution in [2.75, 3.05) is 14.2 Å². The monoisotopic (exact) mass is 876 g/mol. The van der Waals surface area contributed by atoms with E-state index in [1.807, 2.05) is 31.2 Å². The van der Waals surface area contributed by atoms with E-state index in [0.717, 1.165) is 73.1 Å². The number of aryl methyl sites for hydroxylation is 3. The van der Waals surface area contributed by atoms with Gasteiger partial charge in [0.2, 0.25) is 11.2 Å². The van der Waals surface area contributed by atoms with E-state index in [2.05, 4.69) is 91.8 Å². The SMILES string of the molecule is CCC1=C(C)c2cc3[nH]c(cc4nc(c5c6[nH]c(cc1n2)c(C)c6C(=O)N(OC)C5=O)[C@@H](CCC(=O)OC)[C@@H]4C)c(C)c3/C=C/c1ccc2ccccc2[n+]1C.[I-]. The fourth-order valence-corrected chi connectivity index (χ4v) is 8.53. The summed E-state index contributed by atoms with van der Waals surface area (Å²) < 4.78 is 7.21. The van der Waals surface area contributed by atoms with Gasteiger partial charge in [-0.25, -0.2) is 4.98 Å². The number of allylic oxidation sites excluding steroid dienone is 2. The standard InChI is InChI=1S/C45H44N6O5.HI/c1-9-29-23(2)33-21-37-30(17-16-28-15-14-27-12-10-11-13-38(27)50(28)6)24(3)32(47-37)20-34-25(4)31(18-19-39(52)55-7)42(48-34)41-43-40(44(53)51(56-8)45(41)54)26(5)35(49-43)22-36(29)46-33;/h10-17,20-22,25,31H,9,18-19H2,1-8H3,(H,46,47,48,49,54);1H/t25-,31-;/m0./s1. The smallest absolute Gasteiger partial charge is 0.305 e. The summed E-state index contributed by atoms with van der Waals surface area (Å²) in [5.74, 6) is -2.06. The van der Waals surface area contributed by atoms with Gasteiger partial charge in [-0.2, -0.15) is 4.57 Å². The van der Waals surface area contributed by atoms with Crippen LogP contribution in [0.15, 0.2) is 54.6 Å². The van der Waals surface area contributed by atoms with Gasteiger partial charge in [0.25, 0.3) is 11.8 Å². The zero-order chi connectivity index (χ0) is 39.6. The lowest BCUT2D eigenvalue weighted by atomic mass is 9.85. The molecule has 12 heteroatoms. The third-order valence-electron chi connectivity index (χ3n) is 11.8. The molecule has 2 N–H and O–H groups in total. The van der Waals surface area contributed by atoms with E-state index < -0.39 is 11.8 Å². The molecule has 0 aliphatic carbocycles. The Morgan fingerprint density at radius 1 is 0.895 bits per heavy atom. The maximum absolute atomic E-state index is 14.3. The van der Waals surface area contributed by atoms with Gasteiger partial charge in [-0.3, -0.25) is 24.2 Å². The number of esters is 1. The molecule has 3 aliphatic heterocycles. The molecule has 0 spiro atoms. The second-order valence-corrected chi connectivity index (χ2v) is 14.8. The lowest BCUT2D eigenvalue weighted by Gasteiger charge is -2.24. The van der Waals surface area contributed by atoms with Crippen LogP contribution in [-0.4, -0.2) is 57.0 Å². The minimum absolute atomic E-state index is 0. The molecule has 1 aromatic carbocycles. The van der Waals surface area contributed by atoms with Crippen molar-refractivity contribution < 1.29 is 52.5 Å². The van der Waals surface area contributed by atoms with Crippen LogP contribution in [0.3, 0.4) is 0 Å². The molecule has 5 aromatic rings. The number of hydroxylamine groups is 2. The first-order chi connectivity index (χ1) is 26.9. The number of amides is 2. The van der Waals surface area contributed by atoms with Crippen molar-refractivity contribution in [1.82, 2.24) is 25.0 Å². The predicted octanol–water partition coefficient (Wildman–Crippen LogP) is 5.42. The van der Waals surface area contributed by atoms with Crippen LogP contribution >= 0.6 is 0 Å². The Hall–Kier alpha value is -5.47. The van der Waals surface area contributed by atoms with Crippen molar-refractivity contribution in [3.8, 4) is 0 Å². The van der Waals surface area contributed by atoms with Crippen molar-refractivity contribution >= 4 is 74.1 Å². The molecule has 57 heavy (non-hydrogen) atoms. The van der Waals surface area contributed by atoms with Gasteiger partial charge >= 0.3 is 5.97 Å². The summed E-state index contributed by atoms with van der Waals surface area (Å²) >= 11 is 0. The lowest BCUT2D eigenvalue weighted by Crippen LogP contribution is -3.00. The number of imide groups is 1. The van der Waals surface area contributed by atoms with E-state index in [0.29, 0.717) is 34.3 Å². The Labute approximate surface area is 347 Å². The van der Waals surface area contributed by atoms with Crippen LogP contribution in [0.25, 0.3) is 56.3 Å². The molecule has 292 valence electrons. The van der Waals surface area contributed by atoms with Gasteiger partial charge in [-0.15, -0.1) is 5.06 Å². The van der Waals surface area contributed by atoms with E-state index in [1.54, 1.807) is 0 Å². The summed E-state index contributed by atoms with van der Waals surface area (Å²) in [5, 5.41) is 1.97. The second-order valence-electron chi connectivity index (χ2n) is 14.8. The Bertz CT molecular complexity index is 2760. The summed E-state index contributed by atoms with van der Waals surface area (Å²) in [7, 11) is 4.75. The molecule has 0 unspecified atom stereocenters. The first-order valence-electron chi connectivity index (χ1n) is 19.0. The predicted molar refractivity (Wildman–Crippen MR) is 217 cm³/mol. The Morgan fingerprint density at radius 2 is 1.61 bits per heavy atom. The molecular weight excluding hydrogens is 831 g/mol. The fraction of sp³-hybridized carbons (Fsp3) is 0.289. The quantitative estimate of drug-likeness (QED) is 0.0966. The highest BCUT2D eigenvalue weighted by Crippen LogP contribution is 2.44. The van der Waals surface area contributed by atoms with Gasteiger partial charge in [0.1, 0.15) is 7.05 Å². The zero-order valence-electron chi connectivity index (χ0n) is 33.3. The molecule has 7 heterocycles. The van der Waals surface area contributed by atoms with Crippen LogP contribution in [0.5, 0.6) is 0 Å². The topological polar surface area (TPSA) is 134 Å². The number of benzene rings is 1. The van der Waals surface area contributed by atoms with Crippen LogP contribution in [0.2, 0.25) is 0 Å². The molecule has 4 aromatic heterocycles. The number of ether oxygens (including phenoxy) is 1. The molecule has 0 fully saturated rings. The number of carbonyl (C=O) groups is 3. The van der Waals surface area contributed by atoms with E-state index in [9.17, 15) is 14.4 Å². The van der Waals surface area contributed by atoms with Crippen molar-refractivity contribution in [3.63, 3.8) is 0 Å². The molecule has 0 radical (unpaired) electrons. The van der Waals surface area contributed by atoms with Crippen LogP contribution in [0, 0.1) is 13.8 Å². The van der Waals surface area contributed by atoms with Crippen LogP contribution in [0.4, 0.5) is 0 Å². The maximum Gasteiger partial charge on any atom is 0.305 e. The number of para-hydroxylation sites is 1. The largest absolute Gasteiger partial charge is 1.00 e. The number of halogens is 1. The Balaban J connectivity index is 0.00000496. The first-order valence-corrected chi connectivity index (χ1v) is 19.0. The summed E-state index contributed by atoms with van der Waals surface area (Å²) in [4.78, 5) is 63.6. The van der Waals surface area contributed by atoms with E-state index in [-0.39, 0.29) is 53.8 Å². The molecule has 0 saturated carbocycles. The summed E-state index contributed by atoms with van der Waals surface area (Å²) in [5.41, 5.74) is 13.3. The summed E-state index contributed by atoms with van der Waals surface area (Å²) in [6, 6.07) is 18.7. The lowest BCUT2D eigenvalue weighted by molar-refractivity contribution is -0.646. The van der Waals surface area contributed by atoms with Gasteiger partial charge in [0.15, 0.2) is 0 Å². The van der Waals surface area contributed by atoms with E-state index in [1.165, 1.54) is 19.6 Å². The highest BCUT2D eigenvalue weighted by molar-refractivity contribution is 6.22. The Morgan fingerprint density at radius 3 is 2.35 bits per heavy atom. The van der Waals surface area contributed by atoms with E-state index in [4.69, 9.17) is 19.5 Å². The maximum atomic E-state index is 14.3. The molecule has 3 aliphatic rings. The van der Waals surface area contributed by atoms with Crippen molar-refractivity contribution in [2.24, 2.45) is 7.05 Å². The number of hydrogen-bond acceptors (Lipinski definition) is 7. The van der Waals surface area contributed by atoms with Crippen molar-refractivity contribution in [1.29, 1.82) is 0 Å². The number of nitrogens with one attached hydrogen (secondary N) is 2. The number of aromatic nitrogens is 5. The van der Waals surface area contributed by atoms with Crippen LogP contribution in [-0.2, 0) is 21.4 Å². The minimum atomic E-state index is -0.616. The number of hydrogen-bond donors (Lipinski definition) is 2. The van der Waals surface area contributed by atoms with Gasteiger partial charge < -0.3 is 38.7 Å². The summed E-state index contributed by atoms with van der Waals surface area (Å²) in [6.45, 7) is 10.2. The second kappa shape index (κ2) is 15.5.